The zero-order chi connectivity index (χ0) is 13.8. The second-order valence-corrected chi connectivity index (χ2v) is 5.73. The number of carbonyl (C=O) groups excluding carboxylic acids is 1. The number of hydrogen-bond acceptors (Lipinski definition) is 3. The van der Waals surface area contributed by atoms with Crippen LogP contribution in [0.15, 0.2) is 28.7 Å². The van der Waals surface area contributed by atoms with Gasteiger partial charge in [-0.1, -0.05) is 22.0 Å². The molecule has 18 heavy (non-hydrogen) atoms. The molecular formula is C13H19BrN2O2. The van der Waals surface area contributed by atoms with E-state index in [9.17, 15) is 4.79 Å². The Morgan fingerprint density at radius 2 is 2.22 bits per heavy atom. The molecule has 1 aromatic carbocycles. The zero-order valence-corrected chi connectivity index (χ0v) is 12.5. The van der Waals surface area contributed by atoms with Crippen LogP contribution in [0.25, 0.3) is 0 Å². The number of benzene rings is 1. The first kappa shape index (κ1) is 15.0. The molecule has 5 heteroatoms. The van der Waals surface area contributed by atoms with Crippen LogP contribution in [0.1, 0.15) is 20.8 Å². The van der Waals surface area contributed by atoms with E-state index in [1.807, 2.05) is 31.2 Å². The second-order valence-electron chi connectivity index (χ2n) is 4.82. The number of rotatable bonds is 5. The normalized spacial score (nSPS) is 12.9. The lowest BCUT2D eigenvalue weighted by Gasteiger charge is -2.20. The molecule has 0 heterocycles. The fourth-order valence-corrected chi connectivity index (χ4v) is 1.66. The van der Waals surface area contributed by atoms with Gasteiger partial charge in [-0.3, -0.25) is 4.79 Å². The summed E-state index contributed by atoms with van der Waals surface area (Å²) in [5.41, 5.74) is 4.81. The first-order valence-electron chi connectivity index (χ1n) is 5.78. The van der Waals surface area contributed by atoms with Gasteiger partial charge in [0.15, 0.2) is 0 Å². The summed E-state index contributed by atoms with van der Waals surface area (Å²) < 4.78 is 6.63. The van der Waals surface area contributed by atoms with Crippen LogP contribution in [-0.2, 0) is 4.79 Å². The molecule has 0 aliphatic rings. The lowest BCUT2D eigenvalue weighted by atomic mass is 10.1. The molecule has 0 saturated carbocycles. The zero-order valence-electron chi connectivity index (χ0n) is 10.9. The van der Waals surface area contributed by atoms with Crippen molar-refractivity contribution in [2.75, 3.05) is 6.54 Å². The smallest absolute Gasteiger partial charge is 0.239 e. The van der Waals surface area contributed by atoms with E-state index in [4.69, 9.17) is 10.5 Å². The van der Waals surface area contributed by atoms with E-state index >= 15 is 0 Å². The van der Waals surface area contributed by atoms with E-state index in [2.05, 4.69) is 21.2 Å². The van der Waals surface area contributed by atoms with Crippen molar-refractivity contribution in [1.29, 1.82) is 0 Å². The van der Waals surface area contributed by atoms with E-state index in [0.29, 0.717) is 6.54 Å². The van der Waals surface area contributed by atoms with E-state index in [1.54, 1.807) is 13.8 Å². The Kier molecular flexibility index (Phi) is 5.16. The minimum atomic E-state index is -0.866. The minimum Gasteiger partial charge on any atom is -0.489 e. The quantitative estimate of drug-likeness (QED) is 0.874. The van der Waals surface area contributed by atoms with Gasteiger partial charge in [0, 0.05) is 4.47 Å². The summed E-state index contributed by atoms with van der Waals surface area (Å²) in [6, 6.07) is 7.57. The molecule has 0 bridgehead atoms. The van der Waals surface area contributed by atoms with E-state index in [-0.39, 0.29) is 12.0 Å². The van der Waals surface area contributed by atoms with Crippen LogP contribution in [0.3, 0.4) is 0 Å². The third-order valence-corrected chi connectivity index (χ3v) is 2.76. The number of amides is 1. The summed E-state index contributed by atoms with van der Waals surface area (Å²) >= 11 is 3.37. The van der Waals surface area contributed by atoms with Crippen molar-refractivity contribution in [1.82, 2.24) is 5.32 Å². The van der Waals surface area contributed by atoms with Crippen molar-refractivity contribution in [2.24, 2.45) is 5.73 Å². The number of ether oxygens (including phenoxy) is 1. The number of nitrogens with one attached hydrogen (secondary N) is 1. The lowest BCUT2D eigenvalue weighted by molar-refractivity contribution is -0.125. The molecular weight excluding hydrogens is 296 g/mol. The Morgan fingerprint density at radius 1 is 1.56 bits per heavy atom. The third kappa shape index (κ3) is 5.06. The fraction of sp³-hybridized carbons (Fsp3) is 0.462. The summed E-state index contributed by atoms with van der Waals surface area (Å²) in [5.74, 6) is 0.574. The summed E-state index contributed by atoms with van der Waals surface area (Å²) in [7, 11) is 0. The van der Waals surface area contributed by atoms with Gasteiger partial charge in [-0.25, -0.2) is 0 Å². The molecule has 0 saturated heterocycles. The van der Waals surface area contributed by atoms with Crippen LogP contribution in [0, 0.1) is 0 Å². The average Bonchev–Trinajstić information content (AvgIpc) is 2.24. The second kappa shape index (κ2) is 6.20. The molecule has 0 aliphatic heterocycles. The molecule has 0 aliphatic carbocycles. The van der Waals surface area contributed by atoms with Gasteiger partial charge >= 0.3 is 0 Å². The van der Waals surface area contributed by atoms with Crippen molar-refractivity contribution in [2.45, 2.75) is 32.4 Å². The molecule has 3 N–H and O–H groups in total. The molecule has 100 valence electrons. The van der Waals surface area contributed by atoms with Crippen LogP contribution in [0.2, 0.25) is 0 Å². The maximum absolute atomic E-state index is 11.6. The van der Waals surface area contributed by atoms with Crippen LogP contribution in [-0.4, -0.2) is 24.1 Å². The summed E-state index contributed by atoms with van der Waals surface area (Å²) in [5, 5.41) is 2.76. The molecule has 1 atom stereocenters. The van der Waals surface area contributed by atoms with E-state index in [0.717, 1.165) is 10.2 Å². The summed E-state index contributed by atoms with van der Waals surface area (Å²) in [6.07, 6.45) is -0.120. The SMILES string of the molecule is CC(CNC(=O)C(C)(C)N)Oc1cccc(Br)c1. The molecule has 4 nitrogen and oxygen atoms in total. The van der Waals surface area contributed by atoms with Gasteiger partial charge in [0.25, 0.3) is 0 Å². The van der Waals surface area contributed by atoms with Gasteiger partial charge in [0.1, 0.15) is 11.9 Å². The highest BCUT2D eigenvalue weighted by molar-refractivity contribution is 9.10. The van der Waals surface area contributed by atoms with Crippen LogP contribution < -0.4 is 15.8 Å². The van der Waals surface area contributed by atoms with Crippen molar-refractivity contribution in [3.05, 3.63) is 28.7 Å². The Bertz CT molecular complexity index is 416. The predicted octanol–water partition coefficient (Wildman–Crippen LogP) is 2.07. The van der Waals surface area contributed by atoms with Gasteiger partial charge in [0.05, 0.1) is 12.1 Å². The summed E-state index contributed by atoms with van der Waals surface area (Å²) in [4.78, 5) is 11.6. The maximum atomic E-state index is 11.6. The highest BCUT2D eigenvalue weighted by Gasteiger charge is 2.21. The summed E-state index contributed by atoms with van der Waals surface area (Å²) in [6.45, 7) is 5.65. The molecule has 0 aromatic heterocycles. The van der Waals surface area contributed by atoms with Crippen molar-refractivity contribution < 1.29 is 9.53 Å². The van der Waals surface area contributed by atoms with Gasteiger partial charge < -0.3 is 15.8 Å². The maximum Gasteiger partial charge on any atom is 0.239 e. The highest BCUT2D eigenvalue weighted by Crippen LogP contribution is 2.18. The first-order valence-corrected chi connectivity index (χ1v) is 6.58. The Labute approximate surface area is 116 Å². The van der Waals surface area contributed by atoms with Crippen LogP contribution in [0.5, 0.6) is 5.75 Å². The molecule has 0 fully saturated rings. The lowest BCUT2D eigenvalue weighted by Crippen LogP contribution is -2.50. The molecule has 0 radical (unpaired) electrons. The molecule has 1 amide bonds. The molecule has 0 spiro atoms. The fourth-order valence-electron chi connectivity index (χ4n) is 1.28. The van der Waals surface area contributed by atoms with E-state index in [1.165, 1.54) is 0 Å². The standard InChI is InChI=1S/C13H19BrN2O2/c1-9(8-16-12(17)13(2,3)15)18-11-6-4-5-10(14)7-11/h4-7,9H,8,15H2,1-3H3,(H,16,17). The average molecular weight is 315 g/mol. The predicted molar refractivity (Wildman–Crippen MR) is 75.5 cm³/mol. The van der Waals surface area contributed by atoms with E-state index < -0.39 is 5.54 Å². The Morgan fingerprint density at radius 3 is 2.78 bits per heavy atom. The van der Waals surface area contributed by atoms with Gasteiger partial charge in [-0.05, 0) is 39.0 Å². The van der Waals surface area contributed by atoms with Gasteiger partial charge in [-0.15, -0.1) is 0 Å². The van der Waals surface area contributed by atoms with Gasteiger partial charge in [-0.2, -0.15) is 0 Å². The topological polar surface area (TPSA) is 64.4 Å². The highest BCUT2D eigenvalue weighted by atomic mass is 79.9. The minimum absolute atomic E-state index is 0.120. The Hall–Kier alpha value is -1.07. The third-order valence-electron chi connectivity index (χ3n) is 2.27. The number of hydrogen-bond donors (Lipinski definition) is 2. The molecule has 1 rings (SSSR count). The van der Waals surface area contributed by atoms with Crippen LogP contribution in [0.4, 0.5) is 0 Å². The monoisotopic (exact) mass is 314 g/mol. The van der Waals surface area contributed by atoms with Gasteiger partial charge in [0.2, 0.25) is 5.91 Å². The molecule has 1 aromatic rings. The van der Waals surface area contributed by atoms with Crippen LogP contribution >= 0.6 is 15.9 Å². The van der Waals surface area contributed by atoms with Crippen molar-refractivity contribution in [3.63, 3.8) is 0 Å². The largest absolute Gasteiger partial charge is 0.489 e. The first-order chi connectivity index (χ1) is 8.29. The van der Waals surface area contributed by atoms with Crippen molar-refractivity contribution in [3.8, 4) is 5.75 Å². The number of halogens is 1. The van der Waals surface area contributed by atoms with Crippen molar-refractivity contribution >= 4 is 21.8 Å². The molecule has 1 unspecified atom stereocenters. The number of carbonyl (C=O) groups is 1. The number of nitrogens with two attached hydrogens (primary N) is 1. The Balaban J connectivity index is 2.43.